The Morgan fingerprint density at radius 2 is 2.20 bits per heavy atom. The molecular formula is C11H15ClN6S2. The predicted octanol–water partition coefficient (Wildman–Crippen LogP) is 3.02. The van der Waals surface area contributed by atoms with Crippen LogP contribution in [-0.4, -0.2) is 40.8 Å². The molecule has 2 aromatic heterocycles. The van der Waals surface area contributed by atoms with E-state index in [9.17, 15) is 0 Å². The van der Waals surface area contributed by atoms with Gasteiger partial charge in [-0.2, -0.15) is 0 Å². The van der Waals surface area contributed by atoms with Crippen LogP contribution in [0.3, 0.4) is 0 Å². The van der Waals surface area contributed by atoms with Gasteiger partial charge >= 0.3 is 0 Å². The number of nitrogens with one attached hydrogen (secondary N) is 1. The molecule has 1 N–H and O–H groups in total. The van der Waals surface area contributed by atoms with Crippen LogP contribution >= 0.6 is 34.7 Å². The molecule has 0 fully saturated rings. The summed E-state index contributed by atoms with van der Waals surface area (Å²) >= 11 is 9.01. The van der Waals surface area contributed by atoms with Gasteiger partial charge in [0.05, 0.1) is 11.2 Å². The Labute approximate surface area is 131 Å². The zero-order valence-corrected chi connectivity index (χ0v) is 13.8. The van der Waals surface area contributed by atoms with Crippen molar-refractivity contribution in [3.05, 3.63) is 11.2 Å². The molecule has 2 aromatic rings. The average molecular weight is 331 g/mol. The van der Waals surface area contributed by atoms with Gasteiger partial charge in [-0.1, -0.05) is 29.9 Å². The van der Waals surface area contributed by atoms with Gasteiger partial charge in [0.15, 0.2) is 4.34 Å². The highest BCUT2D eigenvalue weighted by Crippen LogP contribution is 2.35. The van der Waals surface area contributed by atoms with Crippen molar-refractivity contribution in [3.63, 3.8) is 0 Å². The molecule has 20 heavy (non-hydrogen) atoms. The molecule has 0 amide bonds. The predicted molar refractivity (Wildman–Crippen MR) is 84.2 cm³/mol. The lowest BCUT2D eigenvalue weighted by Gasteiger charge is -2.05. The van der Waals surface area contributed by atoms with Crippen molar-refractivity contribution in [1.29, 1.82) is 0 Å². The fraction of sp³-hybridized carbons (Fsp3) is 0.455. The molecule has 0 aliphatic rings. The quantitative estimate of drug-likeness (QED) is 0.816. The van der Waals surface area contributed by atoms with Crippen molar-refractivity contribution >= 4 is 45.8 Å². The van der Waals surface area contributed by atoms with E-state index in [-0.39, 0.29) is 0 Å². The zero-order chi connectivity index (χ0) is 14.5. The van der Waals surface area contributed by atoms with Crippen molar-refractivity contribution < 1.29 is 0 Å². The molecule has 0 spiro atoms. The highest BCUT2D eigenvalue weighted by Gasteiger charge is 2.12. The standard InChI is InChI=1S/C11H15ClN6S2/c1-4-5-13-9-14-6-7(12)8(15-9)19-11-17-16-10(20-11)18(2)3/h6H,4-5H2,1-3H3,(H,13,14,15). The van der Waals surface area contributed by atoms with Gasteiger partial charge < -0.3 is 10.2 Å². The molecule has 9 heteroatoms. The van der Waals surface area contributed by atoms with E-state index in [0.717, 1.165) is 22.4 Å². The minimum atomic E-state index is 0.513. The molecule has 0 bridgehead atoms. The first-order valence-corrected chi connectivity index (χ1v) is 8.06. The van der Waals surface area contributed by atoms with Crippen LogP contribution in [0.4, 0.5) is 11.1 Å². The molecular weight excluding hydrogens is 316 g/mol. The molecule has 0 radical (unpaired) electrons. The Hall–Kier alpha value is -1.12. The number of aromatic nitrogens is 4. The van der Waals surface area contributed by atoms with E-state index in [1.807, 2.05) is 19.0 Å². The highest BCUT2D eigenvalue weighted by molar-refractivity contribution is 8.01. The first kappa shape index (κ1) is 15.3. The molecule has 0 atom stereocenters. The number of hydrogen-bond donors (Lipinski definition) is 1. The lowest BCUT2D eigenvalue weighted by atomic mass is 10.5. The third kappa shape index (κ3) is 3.94. The normalized spacial score (nSPS) is 10.6. The first-order chi connectivity index (χ1) is 9.60. The molecule has 2 heterocycles. The van der Waals surface area contributed by atoms with E-state index < -0.39 is 0 Å². The second-order valence-corrected chi connectivity index (χ2v) is 6.72. The van der Waals surface area contributed by atoms with Gasteiger partial charge in [0, 0.05) is 20.6 Å². The van der Waals surface area contributed by atoms with Crippen LogP contribution in [0.25, 0.3) is 0 Å². The summed E-state index contributed by atoms with van der Waals surface area (Å²) < 4.78 is 0.802. The second kappa shape index (κ2) is 7.05. The molecule has 0 unspecified atom stereocenters. The fourth-order valence-electron chi connectivity index (χ4n) is 1.25. The number of anilines is 2. The van der Waals surface area contributed by atoms with Crippen LogP contribution in [0.15, 0.2) is 15.6 Å². The Balaban J connectivity index is 2.14. The van der Waals surface area contributed by atoms with Gasteiger partial charge in [-0.3, -0.25) is 0 Å². The SMILES string of the molecule is CCCNc1ncc(Cl)c(Sc2nnc(N(C)C)s2)n1. The van der Waals surface area contributed by atoms with Gasteiger partial charge in [-0.25, -0.2) is 9.97 Å². The van der Waals surface area contributed by atoms with E-state index in [0.29, 0.717) is 16.0 Å². The monoisotopic (exact) mass is 330 g/mol. The molecule has 108 valence electrons. The van der Waals surface area contributed by atoms with Crippen LogP contribution in [0, 0.1) is 0 Å². The van der Waals surface area contributed by atoms with Crippen LogP contribution < -0.4 is 10.2 Å². The summed E-state index contributed by atoms with van der Waals surface area (Å²) in [5.41, 5.74) is 0. The van der Waals surface area contributed by atoms with Crippen molar-refractivity contribution in [2.45, 2.75) is 22.7 Å². The molecule has 0 saturated heterocycles. The lowest BCUT2D eigenvalue weighted by molar-refractivity contribution is 0.933. The number of halogens is 1. The van der Waals surface area contributed by atoms with Crippen LogP contribution in [0.1, 0.15) is 13.3 Å². The Morgan fingerprint density at radius 3 is 2.85 bits per heavy atom. The summed E-state index contributed by atoms with van der Waals surface area (Å²) in [6, 6.07) is 0. The summed E-state index contributed by atoms with van der Waals surface area (Å²) in [7, 11) is 3.86. The van der Waals surface area contributed by atoms with Crippen molar-refractivity contribution in [1.82, 2.24) is 20.2 Å². The first-order valence-electron chi connectivity index (χ1n) is 6.05. The summed E-state index contributed by atoms with van der Waals surface area (Å²) in [5, 5.41) is 13.4. The van der Waals surface area contributed by atoms with Crippen molar-refractivity contribution in [2.24, 2.45) is 0 Å². The van der Waals surface area contributed by atoms with Gasteiger partial charge in [0.2, 0.25) is 11.1 Å². The minimum Gasteiger partial charge on any atom is -0.354 e. The molecule has 0 saturated carbocycles. The topological polar surface area (TPSA) is 66.8 Å². The Kier molecular flexibility index (Phi) is 5.38. The van der Waals surface area contributed by atoms with E-state index in [2.05, 4.69) is 32.4 Å². The van der Waals surface area contributed by atoms with E-state index in [1.165, 1.54) is 23.1 Å². The Bertz CT molecular complexity index is 574. The molecule has 6 nitrogen and oxygen atoms in total. The van der Waals surface area contributed by atoms with Crippen LogP contribution in [-0.2, 0) is 0 Å². The second-order valence-electron chi connectivity index (χ2n) is 4.12. The van der Waals surface area contributed by atoms with E-state index in [4.69, 9.17) is 11.6 Å². The number of nitrogens with zero attached hydrogens (tertiary/aromatic N) is 5. The highest BCUT2D eigenvalue weighted by atomic mass is 35.5. The molecule has 0 aliphatic heterocycles. The molecule has 2 rings (SSSR count). The van der Waals surface area contributed by atoms with E-state index >= 15 is 0 Å². The Morgan fingerprint density at radius 1 is 1.40 bits per heavy atom. The molecule has 0 aliphatic carbocycles. The number of rotatable bonds is 6. The zero-order valence-electron chi connectivity index (χ0n) is 11.4. The summed E-state index contributed by atoms with van der Waals surface area (Å²) in [5.74, 6) is 0.580. The lowest BCUT2D eigenvalue weighted by Crippen LogP contribution is -2.07. The van der Waals surface area contributed by atoms with Gasteiger partial charge in [0.25, 0.3) is 0 Å². The van der Waals surface area contributed by atoms with Crippen molar-refractivity contribution in [3.8, 4) is 0 Å². The smallest absolute Gasteiger partial charge is 0.223 e. The van der Waals surface area contributed by atoms with Crippen molar-refractivity contribution in [2.75, 3.05) is 30.9 Å². The summed E-state index contributed by atoms with van der Waals surface area (Å²) in [6.07, 6.45) is 2.61. The third-order valence-electron chi connectivity index (χ3n) is 2.21. The van der Waals surface area contributed by atoms with Crippen LogP contribution in [0.2, 0.25) is 5.02 Å². The third-order valence-corrected chi connectivity index (χ3v) is 4.74. The minimum absolute atomic E-state index is 0.513. The summed E-state index contributed by atoms with van der Waals surface area (Å²) in [4.78, 5) is 10.5. The van der Waals surface area contributed by atoms with E-state index in [1.54, 1.807) is 6.20 Å². The van der Waals surface area contributed by atoms with Gasteiger partial charge in [0.1, 0.15) is 5.03 Å². The fourth-order valence-corrected chi connectivity index (χ4v) is 3.12. The maximum Gasteiger partial charge on any atom is 0.223 e. The maximum atomic E-state index is 6.12. The summed E-state index contributed by atoms with van der Waals surface area (Å²) in [6.45, 7) is 2.91. The number of hydrogen-bond acceptors (Lipinski definition) is 8. The van der Waals surface area contributed by atoms with Crippen LogP contribution in [0.5, 0.6) is 0 Å². The van der Waals surface area contributed by atoms with Gasteiger partial charge in [-0.15, -0.1) is 10.2 Å². The van der Waals surface area contributed by atoms with Gasteiger partial charge in [-0.05, 0) is 18.2 Å². The maximum absolute atomic E-state index is 6.12. The molecule has 0 aromatic carbocycles. The largest absolute Gasteiger partial charge is 0.354 e. The average Bonchev–Trinajstić information content (AvgIpc) is 2.88.